The first kappa shape index (κ1) is 20.2. The van der Waals surface area contributed by atoms with Gasteiger partial charge < -0.3 is 20.3 Å². The average molecular weight is 390 g/mol. The molecular weight excluding hydrogens is 364 g/mol. The minimum Gasteiger partial charge on any atom is -0.487 e. The number of aromatic nitrogens is 1. The van der Waals surface area contributed by atoms with Gasteiger partial charge in [0.05, 0.1) is 5.69 Å². The molecule has 0 fully saturated rings. The largest absolute Gasteiger partial charge is 0.487 e. The number of benzene rings is 2. The molecule has 2 N–H and O–H groups in total. The minimum absolute atomic E-state index is 0.149. The molecule has 0 saturated heterocycles. The summed E-state index contributed by atoms with van der Waals surface area (Å²) in [5, 5.41) is 5.77. The number of nitrogens with zero attached hydrogens (tertiary/aromatic N) is 2. The Kier molecular flexibility index (Phi) is 7.05. The van der Waals surface area contributed by atoms with Gasteiger partial charge in [0.2, 0.25) is 0 Å². The number of nitrogens with one attached hydrogen (secondary N) is 2. The van der Waals surface area contributed by atoms with E-state index in [2.05, 4.69) is 27.4 Å². The highest BCUT2D eigenvalue weighted by Gasteiger charge is 2.11. The quantitative estimate of drug-likeness (QED) is 0.602. The van der Waals surface area contributed by atoms with Crippen LogP contribution in [0.25, 0.3) is 0 Å². The Hall–Kier alpha value is -3.54. The molecule has 6 heteroatoms. The van der Waals surface area contributed by atoms with Gasteiger partial charge in [-0.3, -0.25) is 4.98 Å². The molecule has 0 bridgehead atoms. The Morgan fingerprint density at radius 3 is 2.62 bits per heavy atom. The molecule has 3 rings (SSSR count). The van der Waals surface area contributed by atoms with Gasteiger partial charge in [0.1, 0.15) is 12.4 Å². The lowest BCUT2D eigenvalue weighted by molar-refractivity contribution is 0.251. The minimum atomic E-state index is -0.250. The first-order chi connectivity index (χ1) is 14.1. The zero-order valence-electron chi connectivity index (χ0n) is 16.7. The second-order valence-electron chi connectivity index (χ2n) is 6.77. The lowest BCUT2D eigenvalue weighted by atomic mass is 10.2. The SMILES string of the molecule is C[C@@H](CNC(=O)Nc1cccc(OCc2ccccn2)c1)N(C)c1ccccc1. The Bertz CT molecular complexity index is 903. The lowest BCUT2D eigenvalue weighted by Crippen LogP contribution is -2.41. The van der Waals surface area contributed by atoms with Gasteiger partial charge in [-0.25, -0.2) is 4.79 Å². The van der Waals surface area contributed by atoms with Crippen LogP contribution in [0.15, 0.2) is 79.0 Å². The highest BCUT2D eigenvalue weighted by molar-refractivity contribution is 5.89. The van der Waals surface area contributed by atoms with Gasteiger partial charge in [-0.2, -0.15) is 0 Å². The number of carbonyl (C=O) groups is 1. The van der Waals surface area contributed by atoms with Crippen LogP contribution in [-0.2, 0) is 6.61 Å². The second-order valence-corrected chi connectivity index (χ2v) is 6.77. The first-order valence-electron chi connectivity index (χ1n) is 9.57. The Balaban J connectivity index is 1.47. The Labute approximate surface area is 171 Å². The average Bonchev–Trinajstić information content (AvgIpc) is 2.77. The molecule has 1 heterocycles. The van der Waals surface area contributed by atoms with Gasteiger partial charge in [0, 0.05) is 43.3 Å². The highest BCUT2D eigenvalue weighted by atomic mass is 16.5. The van der Waals surface area contributed by atoms with E-state index in [1.165, 1.54) is 0 Å². The van der Waals surface area contributed by atoms with Crippen LogP contribution in [0.4, 0.5) is 16.2 Å². The van der Waals surface area contributed by atoms with Crippen LogP contribution in [0.3, 0.4) is 0 Å². The highest BCUT2D eigenvalue weighted by Crippen LogP contribution is 2.18. The third-order valence-corrected chi connectivity index (χ3v) is 4.59. The molecule has 0 aliphatic carbocycles. The van der Waals surface area contributed by atoms with E-state index >= 15 is 0 Å². The van der Waals surface area contributed by atoms with E-state index in [1.54, 1.807) is 12.3 Å². The second kappa shape index (κ2) is 10.1. The number of rotatable bonds is 8. The molecule has 0 aliphatic rings. The number of likely N-dealkylation sites (N-methyl/N-ethyl adjacent to an activating group) is 1. The molecule has 6 nitrogen and oxygen atoms in total. The molecule has 0 aliphatic heterocycles. The van der Waals surface area contributed by atoms with E-state index in [0.717, 1.165) is 11.4 Å². The van der Waals surface area contributed by atoms with Crippen molar-refractivity contribution in [3.8, 4) is 5.75 Å². The molecule has 2 amide bonds. The van der Waals surface area contributed by atoms with Crippen molar-refractivity contribution in [1.29, 1.82) is 0 Å². The smallest absolute Gasteiger partial charge is 0.319 e. The van der Waals surface area contributed by atoms with Gasteiger partial charge in [0.15, 0.2) is 0 Å². The monoisotopic (exact) mass is 390 g/mol. The number of amides is 2. The number of para-hydroxylation sites is 1. The van der Waals surface area contributed by atoms with E-state index in [9.17, 15) is 4.79 Å². The standard InChI is InChI=1S/C23H26N4O2/c1-18(27(2)21-11-4-3-5-12-21)16-25-23(28)26-19-10-8-13-22(15-19)29-17-20-9-6-7-14-24-20/h3-15,18H,16-17H2,1-2H3,(H2,25,26,28)/t18-/m0/s1. The summed E-state index contributed by atoms with van der Waals surface area (Å²) in [5.41, 5.74) is 2.63. The van der Waals surface area contributed by atoms with Crippen LogP contribution in [0.1, 0.15) is 12.6 Å². The van der Waals surface area contributed by atoms with Crippen LogP contribution in [-0.4, -0.2) is 30.6 Å². The van der Waals surface area contributed by atoms with Crippen LogP contribution in [0.2, 0.25) is 0 Å². The summed E-state index contributed by atoms with van der Waals surface area (Å²) in [5.74, 6) is 0.672. The summed E-state index contributed by atoms with van der Waals surface area (Å²) in [6.07, 6.45) is 1.73. The number of ether oxygens (including phenoxy) is 1. The summed E-state index contributed by atoms with van der Waals surface area (Å²) in [4.78, 5) is 18.6. The fourth-order valence-corrected chi connectivity index (χ4v) is 2.77. The molecule has 1 aromatic heterocycles. The van der Waals surface area contributed by atoms with E-state index < -0.39 is 0 Å². The van der Waals surface area contributed by atoms with Crippen LogP contribution in [0.5, 0.6) is 5.75 Å². The summed E-state index contributed by atoms with van der Waals surface area (Å²) in [6.45, 7) is 2.96. The van der Waals surface area contributed by atoms with Crippen molar-refractivity contribution in [1.82, 2.24) is 10.3 Å². The molecule has 0 unspecified atom stereocenters. The summed E-state index contributed by atoms with van der Waals surface area (Å²) in [6, 6.07) is 23.0. The normalized spacial score (nSPS) is 11.4. The van der Waals surface area contributed by atoms with Crippen molar-refractivity contribution in [3.05, 3.63) is 84.7 Å². The zero-order chi connectivity index (χ0) is 20.5. The van der Waals surface area contributed by atoms with Crippen molar-refractivity contribution < 1.29 is 9.53 Å². The number of hydrogen-bond donors (Lipinski definition) is 2. The third kappa shape index (κ3) is 6.24. The predicted molar refractivity (Wildman–Crippen MR) is 116 cm³/mol. The maximum Gasteiger partial charge on any atom is 0.319 e. The Morgan fingerprint density at radius 2 is 1.86 bits per heavy atom. The first-order valence-corrected chi connectivity index (χ1v) is 9.57. The fraction of sp³-hybridized carbons (Fsp3) is 0.217. The topological polar surface area (TPSA) is 66.5 Å². The van der Waals surface area contributed by atoms with Crippen molar-refractivity contribution in [3.63, 3.8) is 0 Å². The van der Waals surface area contributed by atoms with E-state index in [1.807, 2.05) is 73.8 Å². The fourth-order valence-electron chi connectivity index (χ4n) is 2.77. The summed E-state index contributed by atoms with van der Waals surface area (Å²) < 4.78 is 5.75. The third-order valence-electron chi connectivity index (χ3n) is 4.59. The lowest BCUT2D eigenvalue weighted by Gasteiger charge is -2.27. The van der Waals surface area contributed by atoms with E-state index in [4.69, 9.17) is 4.74 Å². The molecule has 2 aromatic carbocycles. The molecule has 3 aromatic rings. The van der Waals surface area contributed by atoms with Crippen LogP contribution >= 0.6 is 0 Å². The van der Waals surface area contributed by atoms with Gasteiger partial charge >= 0.3 is 6.03 Å². The summed E-state index contributed by atoms with van der Waals surface area (Å²) in [7, 11) is 2.02. The van der Waals surface area contributed by atoms with Crippen LogP contribution < -0.4 is 20.3 Å². The molecule has 0 radical (unpaired) electrons. The number of anilines is 2. The number of carbonyl (C=O) groups excluding carboxylic acids is 1. The predicted octanol–water partition coefficient (Wildman–Crippen LogP) is 4.31. The van der Waals surface area contributed by atoms with Crippen molar-refractivity contribution in [2.45, 2.75) is 19.6 Å². The molecule has 29 heavy (non-hydrogen) atoms. The molecular formula is C23H26N4O2. The maximum absolute atomic E-state index is 12.3. The maximum atomic E-state index is 12.3. The van der Waals surface area contributed by atoms with Gasteiger partial charge in [0.25, 0.3) is 0 Å². The number of pyridine rings is 1. The Morgan fingerprint density at radius 1 is 1.07 bits per heavy atom. The van der Waals surface area contributed by atoms with Crippen molar-refractivity contribution in [2.24, 2.45) is 0 Å². The number of hydrogen-bond acceptors (Lipinski definition) is 4. The molecule has 1 atom stereocenters. The zero-order valence-corrected chi connectivity index (χ0v) is 16.7. The van der Waals surface area contributed by atoms with Gasteiger partial charge in [-0.05, 0) is 43.3 Å². The molecule has 0 saturated carbocycles. The number of urea groups is 1. The van der Waals surface area contributed by atoms with Gasteiger partial charge in [-0.15, -0.1) is 0 Å². The van der Waals surface area contributed by atoms with Crippen LogP contribution in [0, 0.1) is 0 Å². The summed E-state index contributed by atoms with van der Waals surface area (Å²) >= 11 is 0. The van der Waals surface area contributed by atoms with E-state index in [0.29, 0.717) is 24.6 Å². The molecule has 0 spiro atoms. The molecule has 150 valence electrons. The van der Waals surface area contributed by atoms with Crippen molar-refractivity contribution in [2.75, 3.05) is 23.8 Å². The van der Waals surface area contributed by atoms with Gasteiger partial charge in [-0.1, -0.05) is 30.3 Å². The van der Waals surface area contributed by atoms with Crippen molar-refractivity contribution >= 4 is 17.4 Å². The van der Waals surface area contributed by atoms with E-state index in [-0.39, 0.29) is 12.1 Å².